The topological polar surface area (TPSA) is 51.4 Å². The van der Waals surface area contributed by atoms with Crippen molar-refractivity contribution in [1.29, 1.82) is 0 Å². The molecule has 1 spiro atoms. The Bertz CT molecular complexity index is 990. The summed E-state index contributed by atoms with van der Waals surface area (Å²) in [6.45, 7) is 0. The number of rotatable bonds is 0. The van der Waals surface area contributed by atoms with E-state index in [0.717, 1.165) is 38.9 Å². The first kappa shape index (κ1) is 9.20. The van der Waals surface area contributed by atoms with E-state index in [9.17, 15) is 4.79 Å². The number of esters is 1. The summed E-state index contributed by atoms with van der Waals surface area (Å²) in [7, 11) is 0. The molecule has 3 heterocycles. The molecule has 0 amide bonds. The molecule has 20 heavy (non-hydrogen) atoms. The Balaban J connectivity index is 1.77. The van der Waals surface area contributed by atoms with Gasteiger partial charge in [0.2, 0.25) is 11.4 Å². The van der Waals surface area contributed by atoms with Gasteiger partial charge in [-0.2, -0.15) is 0 Å². The second kappa shape index (κ2) is 2.45. The van der Waals surface area contributed by atoms with Crippen molar-refractivity contribution >= 4 is 18.3 Å². The molecule has 1 unspecified atom stereocenters. The van der Waals surface area contributed by atoms with E-state index in [1.165, 1.54) is 6.26 Å². The third kappa shape index (κ3) is 0.774. The molecule has 2 saturated heterocycles. The number of cyclic esters (lactones) is 1. The van der Waals surface area contributed by atoms with Gasteiger partial charge < -0.3 is 14.2 Å². The lowest BCUT2D eigenvalue weighted by Crippen LogP contribution is -2.37. The fourth-order valence-electron chi connectivity index (χ4n) is 3.38. The maximum atomic E-state index is 11.6. The van der Waals surface area contributed by atoms with Crippen molar-refractivity contribution in [3.05, 3.63) is 68.7 Å². The van der Waals surface area contributed by atoms with Crippen LogP contribution in [0.15, 0.2) is 47.1 Å². The number of fused-ring (bicyclic) bond motifs is 4. The lowest BCUT2D eigenvalue weighted by atomic mass is 9.82. The van der Waals surface area contributed by atoms with E-state index in [-0.39, 0.29) is 5.97 Å². The maximum absolute atomic E-state index is 11.6. The van der Waals surface area contributed by atoms with Gasteiger partial charge >= 0.3 is 5.97 Å². The van der Waals surface area contributed by atoms with E-state index in [1.807, 2.05) is 30.4 Å². The first-order valence-electron chi connectivity index (χ1n) is 6.40. The van der Waals surface area contributed by atoms with Crippen molar-refractivity contribution in [3.63, 3.8) is 0 Å². The van der Waals surface area contributed by atoms with Crippen LogP contribution in [-0.4, -0.2) is 5.97 Å². The quantitative estimate of drug-likeness (QED) is 0.509. The second-order valence-corrected chi connectivity index (χ2v) is 5.35. The standard InChI is InChI=1S/C16H6O4/c17-15-9-3-4-11-8(10(9)6-18-15)2-1-7-5-12-13(19-12)14-16(7,11)20-14/h1-6H. The molecule has 4 heteroatoms. The van der Waals surface area contributed by atoms with E-state index in [0.29, 0.717) is 5.56 Å². The molecule has 0 aromatic heterocycles. The zero-order valence-corrected chi connectivity index (χ0v) is 10.1. The average molecular weight is 262 g/mol. The zero-order chi connectivity index (χ0) is 13.1. The Morgan fingerprint density at radius 2 is 2.05 bits per heavy atom. The normalized spacial score (nSPS) is 28.7. The molecule has 6 rings (SSSR count). The van der Waals surface area contributed by atoms with E-state index in [2.05, 4.69) is 0 Å². The summed E-state index contributed by atoms with van der Waals surface area (Å²) in [6.07, 6.45) is 7.58. The van der Waals surface area contributed by atoms with Crippen LogP contribution in [0.4, 0.5) is 0 Å². The Morgan fingerprint density at radius 3 is 3.00 bits per heavy atom. The molecule has 0 radical (unpaired) electrons. The number of hydrogen-bond donors (Lipinski definition) is 0. The van der Waals surface area contributed by atoms with Gasteiger partial charge in [0.1, 0.15) is 6.26 Å². The van der Waals surface area contributed by atoms with Crippen LogP contribution in [0.2, 0.25) is 0 Å². The molecule has 94 valence electrons. The molecule has 1 aromatic carbocycles. The minimum absolute atomic E-state index is 0.296. The van der Waals surface area contributed by atoms with Crippen LogP contribution in [-0.2, 0) is 19.8 Å². The highest BCUT2D eigenvalue weighted by Crippen LogP contribution is 2.64. The van der Waals surface area contributed by atoms with Gasteiger partial charge in [0, 0.05) is 16.4 Å². The van der Waals surface area contributed by atoms with Gasteiger partial charge in [0.15, 0.2) is 11.5 Å². The molecule has 1 atom stereocenters. The molecule has 4 nitrogen and oxygen atoms in total. The van der Waals surface area contributed by atoms with E-state index >= 15 is 0 Å². The number of epoxide rings is 2. The first-order valence-corrected chi connectivity index (χ1v) is 6.40. The fourth-order valence-corrected chi connectivity index (χ4v) is 3.38. The zero-order valence-electron chi connectivity index (χ0n) is 10.1. The van der Waals surface area contributed by atoms with E-state index < -0.39 is 5.60 Å². The van der Waals surface area contributed by atoms with E-state index in [1.54, 1.807) is 0 Å². The number of ether oxygens (including phenoxy) is 3. The molecule has 5 aliphatic rings. The van der Waals surface area contributed by atoms with Crippen LogP contribution in [0, 0.1) is 0 Å². The van der Waals surface area contributed by atoms with Gasteiger partial charge in [-0.15, -0.1) is 0 Å². The van der Waals surface area contributed by atoms with Crippen LogP contribution < -0.4 is 10.4 Å². The molecule has 3 aliphatic heterocycles. The van der Waals surface area contributed by atoms with Crippen LogP contribution >= 0.6 is 0 Å². The lowest BCUT2D eigenvalue weighted by molar-refractivity contribution is 0.0722. The predicted molar refractivity (Wildman–Crippen MR) is 67.1 cm³/mol. The Labute approximate surface area is 112 Å². The summed E-state index contributed by atoms with van der Waals surface area (Å²) in [4.78, 5) is 11.6. The van der Waals surface area contributed by atoms with E-state index in [4.69, 9.17) is 14.2 Å². The van der Waals surface area contributed by atoms with Gasteiger partial charge in [0.05, 0.1) is 5.56 Å². The number of allylic oxidation sites excluding steroid dienone is 1. The Morgan fingerprint density at radius 1 is 1.10 bits per heavy atom. The smallest absolute Gasteiger partial charge is 0.343 e. The monoisotopic (exact) mass is 262 g/mol. The molecular weight excluding hydrogens is 256 g/mol. The molecule has 2 aliphatic carbocycles. The van der Waals surface area contributed by atoms with Gasteiger partial charge in [0.25, 0.3) is 0 Å². The summed E-state index contributed by atoms with van der Waals surface area (Å²) in [5.41, 5.74) is 2.25. The third-order valence-corrected chi connectivity index (χ3v) is 4.43. The summed E-state index contributed by atoms with van der Waals surface area (Å²) in [6, 6.07) is 3.76. The molecule has 1 aromatic rings. The summed E-state index contributed by atoms with van der Waals surface area (Å²) in [5.74, 6) is 2.37. The summed E-state index contributed by atoms with van der Waals surface area (Å²) >= 11 is 0. The molecule has 0 N–H and O–H groups in total. The van der Waals surface area contributed by atoms with Gasteiger partial charge in [-0.3, -0.25) is 0 Å². The summed E-state index contributed by atoms with van der Waals surface area (Å²) in [5, 5.41) is 1.83. The van der Waals surface area contributed by atoms with Gasteiger partial charge in [-0.1, -0.05) is 18.2 Å². The number of carbonyl (C=O) groups excluding carboxylic acids is 1. The maximum Gasteiger partial charge on any atom is 0.343 e. The number of benzene rings is 1. The molecule has 2 fully saturated rings. The van der Waals surface area contributed by atoms with Crippen molar-refractivity contribution in [2.24, 2.45) is 0 Å². The largest absolute Gasteiger partial charge is 0.465 e. The van der Waals surface area contributed by atoms with Crippen molar-refractivity contribution in [1.82, 2.24) is 0 Å². The summed E-state index contributed by atoms with van der Waals surface area (Å²) < 4.78 is 16.3. The van der Waals surface area contributed by atoms with Crippen LogP contribution in [0.1, 0.15) is 15.9 Å². The average Bonchev–Trinajstić information content (AvgIpc) is 3.32. The van der Waals surface area contributed by atoms with Crippen LogP contribution in [0.5, 0.6) is 0 Å². The Kier molecular flexibility index (Phi) is 1.13. The minimum atomic E-state index is -0.492. The highest BCUT2D eigenvalue weighted by Gasteiger charge is 2.66. The first-order chi connectivity index (χ1) is 9.79. The third-order valence-electron chi connectivity index (χ3n) is 4.43. The SMILES string of the molecule is O=C1OC=c2c1ccc1c2=CC=C2C=C3OC3=C3OC231. The van der Waals surface area contributed by atoms with Gasteiger partial charge in [-0.25, -0.2) is 4.79 Å². The fraction of sp³-hybridized carbons (Fsp3) is 0.0625. The highest BCUT2D eigenvalue weighted by molar-refractivity contribution is 5.94. The molecule has 0 bridgehead atoms. The van der Waals surface area contributed by atoms with Crippen LogP contribution in [0.3, 0.4) is 0 Å². The minimum Gasteiger partial charge on any atom is -0.465 e. The second-order valence-electron chi connectivity index (χ2n) is 5.35. The molecular formula is C16H6O4. The predicted octanol–water partition coefficient (Wildman–Crippen LogP) is 0.680. The lowest BCUT2D eigenvalue weighted by Gasteiger charge is -2.16. The number of hydrogen-bond acceptors (Lipinski definition) is 4. The Hall–Kier alpha value is -2.75. The van der Waals surface area contributed by atoms with Gasteiger partial charge in [-0.05, 0) is 17.4 Å². The van der Waals surface area contributed by atoms with Crippen molar-refractivity contribution in [3.8, 4) is 0 Å². The number of carbonyl (C=O) groups is 1. The highest BCUT2D eigenvalue weighted by atomic mass is 16.6. The van der Waals surface area contributed by atoms with Crippen molar-refractivity contribution < 1.29 is 19.0 Å². The van der Waals surface area contributed by atoms with Crippen LogP contribution in [0.25, 0.3) is 12.3 Å². The van der Waals surface area contributed by atoms with Crippen molar-refractivity contribution in [2.75, 3.05) is 0 Å². The van der Waals surface area contributed by atoms with Crippen molar-refractivity contribution in [2.45, 2.75) is 5.60 Å². The molecule has 0 saturated carbocycles.